The number of hydrogen-bond donors (Lipinski definition) is 2. The SMILES string of the molecule is CCNC(=NCc1ccc(C#N)cc1F)NCC(c1ccccc1OC)N1CCCC1. The molecule has 0 spiro atoms. The largest absolute Gasteiger partial charge is 0.496 e. The smallest absolute Gasteiger partial charge is 0.191 e. The van der Waals surface area contributed by atoms with Gasteiger partial charge < -0.3 is 15.4 Å². The molecule has 1 atom stereocenters. The van der Waals surface area contributed by atoms with Gasteiger partial charge in [0.2, 0.25) is 0 Å². The summed E-state index contributed by atoms with van der Waals surface area (Å²) in [6, 6.07) is 14.7. The number of halogens is 1. The monoisotopic (exact) mass is 423 g/mol. The number of nitriles is 1. The van der Waals surface area contributed by atoms with E-state index in [9.17, 15) is 4.39 Å². The Kier molecular flexibility index (Phi) is 8.25. The molecule has 1 aliphatic rings. The minimum absolute atomic E-state index is 0.147. The number of nitrogens with one attached hydrogen (secondary N) is 2. The first-order valence-corrected chi connectivity index (χ1v) is 10.7. The summed E-state index contributed by atoms with van der Waals surface area (Å²) in [6.45, 7) is 5.64. The third kappa shape index (κ3) is 5.96. The fourth-order valence-electron chi connectivity index (χ4n) is 3.88. The van der Waals surface area contributed by atoms with Gasteiger partial charge in [0.15, 0.2) is 5.96 Å². The maximum absolute atomic E-state index is 14.2. The van der Waals surface area contributed by atoms with Gasteiger partial charge in [0.05, 0.1) is 31.3 Å². The third-order valence-corrected chi connectivity index (χ3v) is 5.48. The molecule has 1 unspecified atom stereocenters. The number of rotatable bonds is 8. The molecular formula is C24H30FN5O. The second-order valence-electron chi connectivity index (χ2n) is 7.49. The van der Waals surface area contributed by atoms with E-state index in [1.165, 1.54) is 18.9 Å². The molecule has 0 bridgehead atoms. The number of nitrogens with zero attached hydrogens (tertiary/aromatic N) is 3. The van der Waals surface area contributed by atoms with Gasteiger partial charge in [-0.1, -0.05) is 24.3 Å². The van der Waals surface area contributed by atoms with Crippen LogP contribution in [0.1, 0.15) is 42.5 Å². The van der Waals surface area contributed by atoms with Crippen molar-refractivity contribution < 1.29 is 9.13 Å². The van der Waals surface area contributed by atoms with Crippen LogP contribution in [0.15, 0.2) is 47.5 Å². The molecule has 0 saturated carbocycles. The Labute approximate surface area is 183 Å². The van der Waals surface area contributed by atoms with Crippen molar-refractivity contribution in [2.24, 2.45) is 4.99 Å². The van der Waals surface area contributed by atoms with Crippen molar-refractivity contribution in [3.8, 4) is 11.8 Å². The van der Waals surface area contributed by atoms with Gasteiger partial charge in [0.25, 0.3) is 0 Å². The number of para-hydroxylation sites is 1. The molecule has 164 valence electrons. The van der Waals surface area contributed by atoms with Crippen molar-refractivity contribution in [2.75, 3.05) is 33.3 Å². The summed E-state index contributed by atoms with van der Waals surface area (Å²) in [5.74, 6) is 1.09. The highest BCUT2D eigenvalue weighted by Crippen LogP contribution is 2.31. The Morgan fingerprint density at radius 1 is 1.23 bits per heavy atom. The molecule has 3 rings (SSSR count). The summed E-state index contributed by atoms with van der Waals surface area (Å²) in [6.07, 6.45) is 2.38. The van der Waals surface area contributed by atoms with Crippen LogP contribution in [-0.2, 0) is 6.54 Å². The van der Waals surface area contributed by atoms with E-state index in [1.807, 2.05) is 31.2 Å². The van der Waals surface area contributed by atoms with E-state index >= 15 is 0 Å². The lowest BCUT2D eigenvalue weighted by atomic mass is 10.0. The summed E-state index contributed by atoms with van der Waals surface area (Å²) in [5.41, 5.74) is 1.91. The molecule has 2 aromatic rings. The number of hydrogen-bond acceptors (Lipinski definition) is 4. The Morgan fingerprint density at radius 3 is 2.68 bits per heavy atom. The molecule has 1 saturated heterocycles. The normalized spacial score (nSPS) is 15.4. The highest BCUT2D eigenvalue weighted by Gasteiger charge is 2.26. The fraction of sp³-hybridized carbons (Fsp3) is 0.417. The number of aliphatic imine (C=N–C) groups is 1. The van der Waals surface area contributed by atoms with E-state index in [1.54, 1.807) is 19.2 Å². The number of benzene rings is 2. The Morgan fingerprint density at radius 2 is 2.00 bits per heavy atom. The molecule has 1 heterocycles. The van der Waals surface area contributed by atoms with E-state index < -0.39 is 5.82 Å². The topological polar surface area (TPSA) is 72.7 Å². The zero-order valence-corrected chi connectivity index (χ0v) is 18.2. The van der Waals surface area contributed by atoms with Crippen LogP contribution >= 0.6 is 0 Å². The third-order valence-electron chi connectivity index (χ3n) is 5.48. The quantitative estimate of drug-likeness (QED) is 0.501. The van der Waals surface area contributed by atoms with Gasteiger partial charge >= 0.3 is 0 Å². The molecule has 7 heteroatoms. The lowest BCUT2D eigenvalue weighted by Gasteiger charge is -2.30. The van der Waals surface area contributed by atoms with Gasteiger partial charge in [-0.25, -0.2) is 9.38 Å². The Bertz CT molecular complexity index is 934. The predicted octanol–water partition coefficient (Wildman–Crippen LogP) is 3.60. The summed E-state index contributed by atoms with van der Waals surface area (Å²) < 4.78 is 19.8. The highest BCUT2D eigenvalue weighted by molar-refractivity contribution is 5.79. The minimum Gasteiger partial charge on any atom is -0.496 e. The van der Waals surface area contributed by atoms with Crippen LogP contribution in [0.2, 0.25) is 0 Å². The van der Waals surface area contributed by atoms with Crippen LogP contribution < -0.4 is 15.4 Å². The van der Waals surface area contributed by atoms with E-state index in [0.717, 1.165) is 24.4 Å². The van der Waals surface area contributed by atoms with Crippen LogP contribution in [-0.4, -0.2) is 44.1 Å². The van der Waals surface area contributed by atoms with Crippen molar-refractivity contribution in [1.29, 1.82) is 5.26 Å². The molecule has 2 N–H and O–H groups in total. The standard InChI is InChI=1S/C24H30FN5O/c1-3-27-24(28-16-19-11-10-18(15-26)14-21(19)25)29-17-22(30-12-6-7-13-30)20-8-4-5-9-23(20)31-2/h4-5,8-11,14,22H,3,6-7,12-13,16-17H2,1-2H3,(H2,27,28,29). The van der Waals surface area contributed by atoms with Crippen LogP contribution in [0.3, 0.4) is 0 Å². The van der Waals surface area contributed by atoms with Crippen molar-refractivity contribution in [2.45, 2.75) is 32.4 Å². The first-order valence-electron chi connectivity index (χ1n) is 10.7. The maximum atomic E-state index is 14.2. The van der Waals surface area contributed by atoms with E-state index in [4.69, 9.17) is 10.00 Å². The average molecular weight is 424 g/mol. The summed E-state index contributed by atoms with van der Waals surface area (Å²) in [4.78, 5) is 7.02. The van der Waals surface area contributed by atoms with Gasteiger partial charge in [0.1, 0.15) is 11.6 Å². The fourth-order valence-corrected chi connectivity index (χ4v) is 3.88. The van der Waals surface area contributed by atoms with E-state index in [-0.39, 0.29) is 12.6 Å². The molecule has 6 nitrogen and oxygen atoms in total. The first-order chi connectivity index (χ1) is 15.2. The molecule has 0 aliphatic carbocycles. The zero-order chi connectivity index (χ0) is 22.1. The van der Waals surface area contributed by atoms with Crippen molar-refractivity contribution >= 4 is 5.96 Å². The lowest BCUT2D eigenvalue weighted by Crippen LogP contribution is -2.42. The predicted molar refractivity (Wildman–Crippen MR) is 120 cm³/mol. The summed E-state index contributed by atoms with van der Waals surface area (Å²) >= 11 is 0. The second kappa shape index (κ2) is 11.3. The number of guanidine groups is 1. The van der Waals surface area contributed by atoms with Gasteiger partial charge in [-0.05, 0) is 51.1 Å². The maximum Gasteiger partial charge on any atom is 0.191 e. The molecule has 0 radical (unpaired) electrons. The molecular weight excluding hydrogens is 393 g/mol. The van der Waals surface area contributed by atoms with Gasteiger partial charge in [-0.3, -0.25) is 4.90 Å². The van der Waals surface area contributed by atoms with Crippen molar-refractivity contribution in [3.63, 3.8) is 0 Å². The van der Waals surface area contributed by atoms with Gasteiger partial charge in [-0.15, -0.1) is 0 Å². The Hall–Kier alpha value is -3.11. The van der Waals surface area contributed by atoms with Crippen LogP contribution in [0.25, 0.3) is 0 Å². The molecule has 1 fully saturated rings. The molecule has 31 heavy (non-hydrogen) atoms. The molecule has 0 amide bonds. The molecule has 0 aromatic heterocycles. The van der Waals surface area contributed by atoms with Crippen molar-refractivity contribution in [3.05, 3.63) is 65.0 Å². The molecule has 2 aromatic carbocycles. The summed E-state index contributed by atoms with van der Waals surface area (Å²) in [7, 11) is 1.70. The zero-order valence-electron chi connectivity index (χ0n) is 18.2. The highest BCUT2D eigenvalue weighted by atomic mass is 19.1. The van der Waals surface area contributed by atoms with E-state index in [2.05, 4.69) is 26.6 Å². The van der Waals surface area contributed by atoms with Gasteiger partial charge in [-0.2, -0.15) is 5.26 Å². The second-order valence-corrected chi connectivity index (χ2v) is 7.49. The first kappa shape index (κ1) is 22.6. The van der Waals surface area contributed by atoms with Gasteiger partial charge in [0, 0.05) is 24.2 Å². The molecule has 1 aliphatic heterocycles. The van der Waals surface area contributed by atoms with E-state index in [0.29, 0.717) is 30.2 Å². The average Bonchev–Trinajstić information content (AvgIpc) is 3.33. The number of methoxy groups -OCH3 is 1. The van der Waals surface area contributed by atoms with Crippen LogP contribution in [0.4, 0.5) is 4.39 Å². The Balaban J connectivity index is 1.75. The van der Waals surface area contributed by atoms with Crippen LogP contribution in [0.5, 0.6) is 5.75 Å². The minimum atomic E-state index is -0.414. The van der Waals surface area contributed by atoms with Crippen molar-refractivity contribution in [1.82, 2.24) is 15.5 Å². The number of likely N-dealkylation sites (tertiary alicyclic amines) is 1. The lowest BCUT2D eigenvalue weighted by molar-refractivity contribution is 0.239. The van der Waals surface area contributed by atoms with Crippen LogP contribution in [0, 0.1) is 17.1 Å². The summed E-state index contributed by atoms with van der Waals surface area (Å²) in [5, 5.41) is 15.6. The number of ether oxygens (including phenoxy) is 1.